The highest BCUT2D eigenvalue weighted by atomic mass is 15.3. The summed E-state index contributed by atoms with van der Waals surface area (Å²) in [6, 6.07) is 8.55. The second kappa shape index (κ2) is 9.53. The molecular formula is C21H32N6. The van der Waals surface area contributed by atoms with Crippen molar-refractivity contribution < 1.29 is 0 Å². The van der Waals surface area contributed by atoms with E-state index in [0.29, 0.717) is 5.95 Å². The predicted octanol–water partition coefficient (Wildman–Crippen LogP) is 4.48. The largest absolute Gasteiger partial charge is 0.372 e. The fourth-order valence-corrected chi connectivity index (χ4v) is 3.53. The summed E-state index contributed by atoms with van der Waals surface area (Å²) in [6.07, 6.45) is 6.47. The van der Waals surface area contributed by atoms with E-state index in [4.69, 9.17) is 0 Å². The molecule has 0 spiro atoms. The smallest absolute Gasteiger partial charge is 0.249 e. The van der Waals surface area contributed by atoms with E-state index in [9.17, 15) is 0 Å². The zero-order valence-corrected chi connectivity index (χ0v) is 16.9. The molecule has 6 nitrogen and oxygen atoms in total. The Morgan fingerprint density at radius 2 is 1.74 bits per heavy atom. The Hall–Kier alpha value is -2.37. The summed E-state index contributed by atoms with van der Waals surface area (Å²) in [5.74, 6) is 2.28. The number of hydrogen-bond acceptors (Lipinski definition) is 6. The summed E-state index contributed by atoms with van der Waals surface area (Å²) in [6.45, 7) is 11.0. The van der Waals surface area contributed by atoms with Gasteiger partial charge in [-0.05, 0) is 55.9 Å². The number of anilines is 4. The van der Waals surface area contributed by atoms with Gasteiger partial charge in [0.25, 0.3) is 0 Å². The van der Waals surface area contributed by atoms with Crippen LogP contribution in [0.3, 0.4) is 0 Å². The van der Waals surface area contributed by atoms with Crippen LogP contribution in [0.1, 0.15) is 46.5 Å². The highest BCUT2D eigenvalue weighted by Gasteiger charge is 2.16. The molecule has 0 bridgehead atoms. The van der Waals surface area contributed by atoms with E-state index in [1.165, 1.54) is 18.5 Å². The first-order chi connectivity index (χ1) is 13.2. The van der Waals surface area contributed by atoms with Crippen molar-refractivity contribution in [1.82, 2.24) is 15.2 Å². The Balaban J connectivity index is 1.65. The topological polar surface area (TPSA) is 57.2 Å². The molecule has 1 fully saturated rings. The number of benzene rings is 1. The molecule has 1 aromatic carbocycles. The number of nitrogens with one attached hydrogen (secondary N) is 1. The number of nitrogens with zero attached hydrogens (tertiary/aromatic N) is 5. The van der Waals surface area contributed by atoms with Crippen LogP contribution in [0.4, 0.5) is 23.1 Å². The summed E-state index contributed by atoms with van der Waals surface area (Å²) >= 11 is 0. The van der Waals surface area contributed by atoms with Gasteiger partial charge in [0.15, 0.2) is 5.82 Å². The number of aromatic nitrogens is 3. The van der Waals surface area contributed by atoms with Gasteiger partial charge in [-0.15, -0.1) is 5.10 Å². The summed E-state index contributed by atoms with van der Waals surface area (Å²) in [5.41, 5.74) is 2.28. The van der Waals surface area contributed by atoms with Crippen molar-refractivity contribution in [3.63, 3.8) is 0 Å². The van der Waals surface area contributed by atoms with E-state index in [-0.39, 0.29) is 0 Å². The summed E-state index contributed by atoms with van der Waals surface area (Å²) in [4.78, 5) is 9.39. The molecule has 146 valence electrons. The molecule has 1 aliphatic rings. The van der Waals surface area contributed by atoms with Crippen LogP contribution in [0.25, 0.3) is 0 Å². The Bertz CT molecular complexity index is 688. The highest BCUT2D eigenvalue weighted by molar-refractivity contribution is 5.60. The minimum atomic E-state index is 0.546. The molecule has 0 atom stereocenters. The monoisotopic (exact) mass is 368 g/mol. The zero-order chi connectivity index (χ0) is 19.1. The first-order valence-electron chi connectivity index (χ1n) is 10.3. The van der Waals surface area contributed by atoms with Crippen molar-refractivity contribution in [2.75, 3.05) is 41.3 Å². The highest BCUT2D eigenvalue weighted by Crippen LogP contribution is 2.25. The second-order valence-corrected chi connectivity index (χ2v) is 7.47. The van der Waals surface area contributed by atoms with Crippen LogP contribution in [-0.2, 0) is 0 Å². The minimum Gasteiger partial charge on any atom is -0.372 e. The number of rotatable bonds is 8. The Labute approximate surface area is 163 Å². The van der Waals surface area contributed by atoms with E-state index >= 15 is 0 Å². The third-order valence-electron chi connectivity index (χ3n) is 5.13. The second-order valence-electron chi connectivity index (χ2n) is 7.47. The SMILES string of the molecule is CCCN(CCC)c1cnnc(Nc2ccc(N3CCC(C)CC3)cc2)n1. The lowest BCUT2D eigenvalue weighted by Gasteiger charge is -2.32. The van der Waals surface area contributed by atoms with Crippen molar-refractivity contribution in [2.24, 2.45) is 5.92 Å². The zero-order valence-electron chi connectivity index (χ0n) is 16.9. The average Bonchev–Trinajstić information content (AvgIpc) is 2.69. The van der Waals surface area contributed by atoms with E-state index in [2.05, 4.69) is 75.3 Å². The standard InChI is InChI=1S/C21H32N6/c1-4-12-27(13-5-2)20-16-22-25-21(24-20)23-18-6-8-19(9-7-18)26-14-10-17(3)11-15-26/h6-9,16-17H,4-5,10-15H2,1-3H3,(H,23,24,25). The molecule has 2 heterocycles. The van der Waals surface area contributed by atoms with Gasteiger partial charge in [-0.3, -0.25) is 0 Å². The molecule has 6 heteroatoms. The lowest BCUT2D eigenvalue weighted by molar-refractivity contribution is 0.438. The maximum Gasteiger partial charge on any atom is 0.249 e. The third-order valence-corrected chi connectivity index (χ3v) is 5.13. The fourth-order valence-electron chi connectivity index (χ4n) is 3.53. The lowest BCUT2D eigenvalue weighted by atomic mass is 9.99. The lowest BCUT2D eigenvalue weighted by Crippen LogP contribution is -2.32. The van der Waals surface area contributed by atoms with Crippen LogP contribution in [0.5, 0.6) is 0 Å². The summed E-state index contributed by atoms with van der Waals surface area (Å²) < 4.78 is 0. The van der Waals surface area contributed by atoms with Gasteiger partial charge in [0, 0.05) is 37.6 Å². The molecule has 1 saturated heterocycles. The van der Waals surface area contributed by atoms with E-state index in [1.54, 1.807) is 6.20 Å². The van der Waals surface area contributed by atoms with Gasteiger partial charge in [0.1, 0.15) is 0 Å². The van der Waals surface area contributed by atoms with Crippen molar-refractivity contribution >= 4 is 23.1 Å². The molecule has 1 aliphatic heterocycles. The van der Waals surface area contributed by atoms with Crippen molar-refractivity contribution in [1.29, 1.82) is 0 Å². The Kier molecular flexibility index (Phi) is 6.85. The molecule has 0 unspecified atom stereocenters. The van der Waals surface area contributed by atoms with Gasteiger partial charge in [0.2, 0.25) is 5.95 Å². The molecule has 27 heavy (non-hydrogen) atoms. The number of piperidine rings is 1. The van der Waals surface area contributed by atoms with Crippen molar-refractivity contribution in [3.8, 4) is 0 Å². The van der Waals surface area contributed by atoms with Crippen LogP contribution in [-0.4, -0.2) is 41.4 Å². The molecule has 0 radical (unpaired) electrons. The molecule has 3 rings (SSSR count). The molecule has 1 aromatic heterocycles. The van der Waals surface area contributed by atoms with Gasteiger partial charge in [0.05, 0.1) is 6.20 Å². The molecule has 1 N–H and O–H groups in total. The van der Waals surface area contributed by atoms with Gasteiger partial charge in [-0.25, -0.2) is 0 Å². The van der Waals surface area contributed by atoms with Crippen LogP contribution >= 0.6 is 0 Å². The summed E-state index contributed by atoms with van der Waals surface area (Å²) in [7, 11) is 0. The maximum atomic E-state index is 4.66. The van der Waals surface area contributed by atoms with E-state index in [0.717, 1.165) is 56.4 Å². The van der Waals surface area contributed by atoms with Crippen LogP contribution in [0, 0.1) is 5.92 Å². The van der Waals surface area contributed by atoms with Crippen molar-refractivity contribution in [3.05, 3.63) is 30.5 Å². The maximum absolute atomic E-state index is 4.66. The fraction of sp³-hybridized carbons (Fsp3) is 0.571. The minimum absolute atomic E-state index is 0.546. The van der Waals surface area contributed by atoms with Crippen molar-refractivity contribution in [2.45, 2.75) is 46.5 Å². The van der Waals surface area contributed by atoms with Gasteiger partial charge in [-0.1, -0.05) is 20.8 Å². The molecule has 0 aliphatic carbocycles. The van der Waals surface area contributed by atoms with Crippen LogP contribution < -0.4 is 15.1 Å². The third kappa shape index (κ3) is 5.31. The Morgan fingerprint density at radius 3 is 2.37 bits per heavy atom. The molecule has 2 aromatic rings. The quantitative estimate of drug-likeness (QED) is 0.741. The molecule has 0 amide bonds. The van der Waals surface area contributed by atoms with Gasteiger partial charge in [-0.2, -0.15) is 10.1 Å². The first kappa shape index (κ1) is 19.4. The first-order valence-corrected chi connectivity index (χ1v) is 10.3. The summed E-state index contributed by atoms with van der Waals surface area (Å²) in [5, 5.41) is 11.6. The Morgan fingerprint density at radius 1 is 1.07 bits per heavy atom. The average molecular weight is 369 g/mol. The normalized spacial score (nSPS) is 15.0. The van der Waals surface area contributed by atoms with E-state index in [1.807, 2.05) is 0 Å². The van der Waals surface area contributed by atoms with E-state index < -0.39 is 0 Å². The molecule has 0 saturated carbocycles. The van der Waals surface area contributed by atoms with Gasteiger partial charge >= 0.3 is 0 Å². The predicted molar refractivity (Wildman–Crippen MR) is 113 cm³/mol. The van der Waals surface area contributed by atoms with Crippen LogP contribution in [0.15, 0.2) is 30.5 Å². The molecular weight excluding hydrogens is 336 g/mol. The van der Waals surface area contributed by atoms with Gasteiger partial charge < -0.3 is 15.1 Å². The van der Waals surface area contributed by atoms with Crippen LogP contribution in [0.2, 0.25) is 0 Å². The number of hydrogen-bond donors (Lipinski definition) is 1.